The number of benzene rings is 1. The molecule has 4 N–H and O–H groups in total. The van der Waals surface area contributed by atoms with E-state index in [1.54, 1.807) is 14.1 Å². The summed E-state index contributed by atoms with van der Waals surface area (Å²) in [5.41, 5.74) is 4.02. The summed E-state index contributed by atoms with van der Waals surface area (Å²) in [7, 11) is 3.10. The fourth-order valence-electron chi connectivity index (χ4n) is 7.05. The van der Waals surface area contributed by atoms with Crippen LogP contribution in [0.15, 0.2) is 0 Å². The Labute approximate surface area is 225 Å². The molecule has 38 heavy (non-hydrogen) atoms. The fraction of sp³-hybridized carbons (Fsp3) is 0.593. The maximum absolute atomic E-state index is 13.9. The number of primary amides is 1. The van der Waals surface area contributed by atoms with Gasteiger partial charge in [0.1, 0.15) is 5.75 Å². The van der Waals surface area contributed by atoms with Crippen molar-refractivity contribution in [1.82, 2.24) is 9.80 Å². The van der Waals surface area contributed by atoms with Crippen LogP contribution in [-0.4, -0.2) is 80.3 Å². The summed E-state index contributed by atoms with van der Waals surface area (Å²) in [6.07, 6.45) is 0.146. The Morgan fingerprint density at radius 1 is 1.08 bits per heavy atom. The van der Waals surface area contributed by atoms with Crippen LogP contribution >= 0.6 is 11.6 Å². The summed E-state index contributed by atoms with van der Waals surface area (Å²) in [4.78, 5) is 70.0. The first-order valence-electron chi connectivity index (χ1n) is 12.7. The van der Waals surface area contributed by atoms with Gasteiger partial charge in [-0.3, -0.25) is 33.8 Å². The third-order valence-corrected chi connectivity index (χ3v) is 9.48. The van der Waals surface area contributed by atoms with Gasteiger partial charge in [0, 0.05) is 35.1 Å². The van der Waals surface area contributed by atoms with Gasteiger partial charge in [0.2, 0.25) is 5.91 Å². The molecule has 6 atom stereocenters. The lowest BCUT2D eigenvalue weighted by Crippen LogP contribution is -2.74. The summed E-state index contributed by atoms with van der Waals surface area (Å²) in [5, 5.41) is 23.3. The predicted molar refractivity (Wildman–Crippen MR) is 135 cm³/mol. The molecule has 2 saturated carbocycles. The van der Waals surface area contributed by atoms with Crippen LogP contribution < -0.4 is 5.73 Å². The first kappa shape index (κ1) is 26.9. The van der Waals surface area contributed by atoms with E-state index in [1.807, 2.05) is 20.8 Å². The Hall–Kier alpha value is -2.66. The van der Waals surface area contributed by atoms with E-state index in [1.165, 1.54) is 4.90 Å². The number of carbonyl (C=O) groups is 5. The minimum absolute atomic E-state index is 0.00775. The van der Waals surface area contributed by atoms with Crippen molar-refractivity contribution in [3.63, 3.8) is 0 Å². The van der Waals surface area contributed by atoms with Crippen LogP contribution in [-0.2, 0) is 38.7 Å². The lowest BCUT2D eigenvalue weighted by molar-refractivity contribution is -0.181. The van der Waals surface area contributed by atoms with Crippen LogP contribution in [0.1, 0.15) is 54.2 Å². The summed E-state index contributed by atoms with van der Waals surface area (Å²) < 4.78 is 0. The minimum Gasteiger partial charge on any atom is -0.507 e. The molecule has 1 amide bonds. The van der Waals surface area contributed by atoms with Crippen LogP contribution in [0.2, 0.25) is 5.02 Å². The number of hydrogen-bond acceptors (Lipinski definition) is 9. The Morgan fingerprint density at radius 3 is 2.24 bits per heavy atom. The van der Waals surface area contributed by atoms with Gasteiger partial charge in [0.05, 0.1) is 17.5 Å². The highest BCUT2D eigenvalue weighted by Gasteiger charge is 2.69. The van der Waals surface area contributed by atoms with Crippen molar-refractivity contribution in [3.8, 4) is 5.75 Å². The molecule has 2 unspecified atom stereocenters. The van der Waals surface area contributed by atoms with Gasteiger partial charge in [0.25, 0.3) is 0 Å². The van der Waals surface area contributed by atoms with Gasteiger partial charge in [-0.25, -0.2) is 0 Å². The highest BCUT2D eigenvalue weighted by molar-refractivity contribution is 6.35. The molecule has 0 radical (unpaired) electrons. The van der Waals surface area contributed by atoms with E-state index in [0.717, 1.165) is 5.56 Å². The number of fused-ring (bicyclic) bond motifs is 4. The topological polar surface area (TPSA) is 158 Å². The summed E-state index contributed by atoms with van der Waals surface area (Å²) >= 11 is 6.84. The number of ketones is 4. The monoisotopic (exact) mass is 545 g/mol. The summed E-state index contributed by atoms with van der Waals surface area (Å²) in [6.45, 7) is 6.95. The Kier molecular flexibility index (Phi) is 5.96. The van der Waals surface area contributed by atoms with Crippen LogP contribution in [0, 0.1) is 23.7 Å². The van der Waals surface area contributed by atoms with E-state index >= 15 is 0 Å². The van der Waals surface area contributed by atoms with Crippen LogP contribution in [0.25, 0.3) is 0 Å². The second-order valence-corrected chi connectivity index (χ2v) is 12.7. The molecular weight excluding hydrogens is 514 g/mol. The molecule has 0 spiro atoms. The van der Waals surface area contributed by atoms with E-state index in [0.29, 0.717) is 29.2 Å². The zero-order chi connectivity index (χ0) is 28.2. The average Bonchev–Trinajstić information content (AvgIpc) is 3.26. The van der Waals surface area contributed by atoms with Crippen molar-refractivity contribution < 1.29 is 34.2 Å². The van der Waals surface area contributed by atoms with Crippen LogP contribution in [0.4, 0.5) is 0 Å². The molecular formula is C27H32ClN3O7. The minimum atomic E-state index is -2.74. The van der Waals surface area contributed by atoms with Crippen molar-refractivity contribution in [2.24, 2.45) is 29.4 Å². The normalized spacial score (nSPS) is 33.2. The van der Waals surface area contributed by atoms with Gasteiger partial charge in [-0.1, -0.05) is 11.6 Å². The third-order valence-electron chi connectivity index (χ3n) is 9.02. The SMILES string of the molecule is CN(C)[C@@H]1C(=O)C(C(N)=O)C(=O)[C@@]2(O)C(=O)C3C(=O)c4c(O)c5c(c(Cl)c4C[C@H]3C[C@@H]12)CN(C(C)(C)C)C5. The van der Waals surface area contributed by atoms with Crippen molar-refractivity contribution in [2.45, 2.75) is 63.9 Å². The first-order chi connectivity index (χ1) is 17.5. The van der Waals surface area contributed by atoms with Gasteiger partial charge in [-0.15, -0.1) is 0 Å². The Balaban J connectivity index is 1.63. The molecule has 4 aliphatic rings. The third kappa shape index (κ3) is 3.40. The number of hydrogen-bond donors (Lipinski definition) is 3. The maximum atomic E-state index is 13.9. The van der Waals surface area contributed by atoms with E-state index < -0.39 is 64.4 Å². The average molecular weight is 546 g/mol. The van der Waals surface area contributed by atoms with Gasteiger partial charge in [-0.2, -0.15) is 0 Å². The number of rotatable bonds is 2. The van der Waals surface area contributed by atoms with Gasteiger partial charge < -0.3 is 15.9 Å². The highest BCUT2D eigenvalue weighted by Crippen LogP contribution is 2.53. The number of halogens is 1. The maximum Gasteiger partial charge on any atom is 0.235 e. The first-order valence-corrected chi connectivity index (χ1v) is 13.1. The Morgan fingerprint density at radius 2 is 1.68 bits per heavy atom. The number of aromatic hydroxyl groups is 1. The Bertz CT molecular complexity index is 1330. The number of phenolic OH excluding ortho intramolecular Hbond substituents is 1. The highest BCUT2D eigenvalue weighted by atomic mass is 35.5. The summed E-state index contributed by atoms with van der Waals surface area (Å²) in [6, 6.07) is -1.14. The standard InChI is InChI=1S/C27H32ClN3O7/c1-26(2,3)31-8-12-13(9-31)20(32)16-11(18(12)28)6-10-7-14-19(30(4)5)22(34)17(25(29)37)24(36)27(14,38)23(35)15(10)21(16)33/h10,14-15,17,19,32,38H,6-9H2,1-5H3,(H2,29,37)/t10-,14-,15?,17?,19-,27-/m0/s1. The molecule has 1 heterocycles. The van der Waals surface area contributed by atoms with Crippen molar-refractivity contribution in [3.05, 3.63) is 27.3 Å². The fourth-order valence-corrected chi connectivity index (χ4v) is 7.39. The molecule has 3 aliphatic carbocycles. The molecule has 11 heteroatoms. The smallest absolute Gasteiger partial charge is 0.235 e. The molecule has 0 saturated heterocycles. The number of phenols is 1. The quantitative estimate of drug-likeness (QED) is 0.453. The lowest BCUT2D eigenvalue weighted by atomic mass is 9.52. The van der Waals surface area contributed by atoms with Crippen molar-refractivity contribution >= 4 is 40.6 Å². The molecule has 2 fully saturated rings. The molecule has 0 bridgehead atoms. The number of amides is 1. The van der Waals surface area contributed by atoms with E-state index in [2.05, 4.69) is 4.90 Å². The molecule has 1 aliphatic heterocycles. The van der Waals surface area contributed by atoms with Crippen molar-refractivity contribution in [2.75, 3.05) is 14.1 Å². The molecule has 1 aromatic carbocycles. The second-order valence-electron chi connectivity index (χ2n) is 12.3. The largest absolute Gasteiger partial charge is 0.507 e. The van der Waals surface area contributed by atoms with Crippen LogP contribution in [0.5, 0.6) is 5.75 Å². The predicted octanol–water partition coefficient (Wildman–Crippen LogP) is 0.635. The zero-order valence-electron chi connectivity index (χ0n) is 22.0. The van der Waals surface area contributed by atoms with Gasteiger partial charge in [-0.05, 0) is 64.8 Å². The zero-order valence-corrected chi connectivity index (χ0v) is 22.8. The lowest BCUT2D eigenvalue weighted by Gasteiger charge is -2.52. The number of carbonyl (C=O) groups excluding carboxylic acids is 5. The van der Waals surface area contributed by atoms with Crippen molar-refractivity contribution in [1.29, 1.82) is 0 Å². The van der Waals surface area contributed by atoms with E-state index in [4.69, 9.17) is 17.3 Å². The van der Waals surface area contributed by atoms with Gasteiger partial charge in [0.15, 0.2) is 34.7 Å². The number of likely N-dealkylation sites (N-methyl/N-ethyl adjacent to an activating group) is 1. The number of nitrogens with two attached hydrogens (primary N) is 1. The number of Topliss-reactive ketones (excluding diaryl/α,β-unsaturated/α-hetero) is 4. The second kappa shape index (κ2) is 8.42. The molecule has 1 aromatic rings. The molecule has 5 rings (SSSR count). The molecule has 0 aromatic heterocycles. The number of nitrogens with zero attached hydrogens (tertiary/aromatic N) is 2. The molecule has 204 valence electrons. The number of aliphatic hydroxyl groups is 1. The molecule has 10 nitrogen and oxygen atoms in total. The van der Waals surface area contributed by atoms with E-state index in [9.17, 15) is 34.2 Å². The van der Waals surface area contributed by atoms with Crippen LogP contribution in [0.3, 0.4) is 0 Å². The van der Waals surface area contributed by atoms with Gasteiger partial charge >= 0.3 is 0 Å². The van der Waals surface area contributed by atoms with E-state index in [-0.39, 0.29) is 29.7 Å². The summed E-state index contributed by atoms with van der Waals surface area (Å²) in [5.74, 6) is -10.6.